The summed E-state index contributed by atoms with van der Waals surface area (Å²) in [7, 11) is 3.21. The number of aromatic nitrogens is 6. The van der Waals surface area contributed by atoms with Gasteiger partial charge in [0.15, 0.2) is 5.82 Å². The van der Waals surface area contributed by atoms with Crippen molar-refractivity contribution in [3.63, 3.8) is 0 Å². The fourth-order valence-corrected chi connectivity index (χ4v) is 3.37. The third kappa shape index (κ3) is 2.84. The highest BCUT2D eigenvalue weighted by molar-refractivity contribution is 9.10. The Kier molecular flexibility index (Phi) is 3.87. The molecular formula is C16H15BrN6O2. The Morgan fingerprint density at radius 3 is 2.88 bits per heavy atom. The van der Waals surface area contributed by atoms with Gasteiger partial charge in [-0.05, 0) is 34.5 Å². The monoisotopic (exact) mass is 402 g/mol. The first-order valence-electron chi connectivity index (χ1n) is 7.74. The molecule has 8 nitrogen and oxygen atoms in total. The van der Waals surface area contributed by atoms with Gasteiger partial charge in [0.1, 0.15) is 10.2 Å². The van der Waals surface area contributed by atoms with E-state index in [0.717, 1.165) is 17.8 Å². The molecule has 0 saturated heterocycles. The third-order valence-electron chi connectivity index (χ3n) is 4.27. The molecule has 1 aliphatic carbocycles. The van der Waals surface area contributed by atoms with Crippen molar-refractivity contribution in [2.75, 3.05) is 7.11 Å². The zero-order valence-corrected chi connectivity index (χ0v) is 15.2. The largest absolute Gasteiger partial charge is 0.465 e. The van der Waals surface area contributed by atoms with Gasteiger partial charge in [0.25, 0.3) is 0 Å². The van der Waals surface area contributed by atoms with Crippen LogP contribution >= 0.6 is 15.9 Å². The minimum atomic E-state index is -0.402. The number of halogens is 1. The number of rotatable bonds is 4. The molecule has 4 rings (SSSR count). The van der Waals surface area contributed by atoms with Crippen LogP contribution in [-0.2, 0) is 11.8 Å². The topological polar surface area (TPSA) is 87.7 Å². The smallest absolute Gasteiger partial charge is 0.341 e. The quantitative estimate of drug-likeness (QED) is 0.491. The van der Waals surface area contributed by atoms with Crippen molar-refractivity contribution in [2.45, 2.75) is 18.3 Å². The van der Waals surface area contributed by atoms with Gasteiger partial charge < -0.3 is 4.74 Å². The summed E-state index contributed by atoms with van der Waals surface area (Å²) < 4.78 is 9.01. The zero-order valence-electron chi connectivity index (χ0n) is 13.6. The number of esters is 1. The van der Waals surface area contributed by atoms with Crippen molar-refractivity contribution in [1.82, 2.24) is 29.8 Å². The molecule has 0 N–H and O–H groups in total. The van der Waals surface area contributed by atoms with Gasteiger partial charge in [0, 0.05) is 25.1 Å². The number of hydrogen-bond acceptors (Lipinski definition) is 6. The summed E-state index contributed by atoms with van der Waals surface area (Å²) in [5.74, 6) is 0.569. The standard InChI is InChI=1S/C16H15BrN6O2/c1-22-8-12(20-21-22)9-6-10(9)15-11(16(24)25-2)7-18-23(15)14-5-3-4-13(17)19-14/h3-5,7-10H,6H2,1-2H3. The van der Waals surface area contributed by atoms with Crippen molar-refractivity contribution < 1.29 is 9.53 Å². The fourth-order valence-electron chi connectivity index (χ4n) is 3.04. The van der Waals surface area contributed by atoms with E-state index in [4.69, 9.17) is 4.74 Å². The van der Waals surface area contributed by atoms with Crippen LogP contribution in [0.2, 0.25) is 0 Å². The van der Waals surface area contributed by atoms with E-state index < -0.39 is 5.97 Å². The molecule has 0 amide bonds. The predicted octanol–water partition coefficient (Wildman–Crippen LogP) is 2.22. The summed E-state index contributed by atoms with van der Waals surface area (Å²) in [4.78, 5) is 16.6. The maximum Gasteiger partial charge on any atom is 0.341 e. The van der Waals surface area contributed by atoms with Crippen LogP contribution in [-0.4, -0.2) is 42.8 Å². The molecule has 9 heteroatoms. The van der Waals surface area contributed by atoms with Crippen molar-refractivity contribution in [2.24, 2.45) is 7.05 Å². The van der Waals surface area contributed by atoms with E-state index in [1.165, 1.54) is 13.3 Å². The summed E-state index contributed by atoms with van der Waals surface area (Å²) in [6.07, 6.45) is 4.32. The average Bonchev–Trinajstić information content (AvgIpc) is 3.06. The summed E-state index contributed by atoms with van der Waals surface area (Å²) in [5, 5.41) is 12.6. The molecular weight excluding hydrogens is 388 g/mol. The first kappa shape index (κ1) is 15.9. The molecule has 1 fully saturated rings. The Hall–Kier alpha value is -2.55. The average molecular weight is 403 g/mol. The Morgan fingerprint density at radius 2 is 2.20 bits per heavy atom. The maximum atomic E-state index is 12.2. The molecule has 2 unspecified atom stereocenters. The molecule has 0 aliphatic heterocycles. The van der Waals surface area contributed by atoms with E-state index >= 15 is 0 Å². The molecule has 0 spiro atoms. The molecule has 1 saturated carbocycles. The van der Waals surface area contributed by atoms with Gasteiger partial charge in [-0.25, -0.2) is 14.5 Å². The van der Waals surface area contributed by atoms with Crippen LogP contribution in [0.4, 0.5) is 0 Å². The number of nitrogens with zero attached hydrogens (tertiary/aromatic N) is 6. The van der Waals surface area contributed by atoms with Crippen molar-refractivity contribution >= 4 is 21.9 Å². The van der Waals surface area contributed by atoms with Crippen LogP contribution in [0.15, 0.2) is 35.2 Å². The van der Waals surface area contributed by atoms with Crippen LogP contribution in [0.3, 0.4) is 0 Å². The summed E-state index contributed by atoms with van der Waals surface area (Å²) in [5.41, 5.74) is 2.17. The summed E-state index contributed by atoms with van der Waals surface area (Å²) in [6.45, 7) is 0. The number of ether oxygens (including phenoxy) is 1. The van der Waals surface area contributed by atoms with Crippen LogP contribution in [0.1, 0.15) is 40.0 Å². The van der Waals surface area contributed by atoms with Gasteiger partial charge in [0.2, 0.25) is 0 Å². The predicted molar refractivity (Wildman–Crippen MR) is 91.5 cm³/mol. The van der Waals surface area contributed by atoms with Crippen molar-refractivity contribution in [1.29, 1.82) is 0 Å². The van der Waals surface area contributed by atoms with Gasteiger partial charge in [-0.15, -0.1) is 5.10 Å². The van der Waals surface area contributed by atoms with E-state index in [2.05, 4.69) is 36.3 Å². The Morgan fingerprint density at radius 1 is 1.36 bits per heavy atom. The van der Waals surface area contributed by atoms with Crippen LogP contribution in [0, 0.1) is 0 Å². The molecule has 0 aromatic carbocycles. The minimum Gasteiger partial charge on any atom is -0.465 e. The molecule has 3 aromatic rings. The number of methoxy groups -OCH3 is 1. The highest BCUT2D eigenvalue weighted by Crippen LogP contribution is 2.55. The van der Waals surface area contributed by atoms with Crippen LogP contribution in [0.25, 0.3) is 5.82 Å². The van der Waals surface area contributed by atoms with E-state index in [0.29, 0.717) is 16.0 Å². The first-order valence-corrected chi connectivity index (χ1v) is 8.53. The summed E-state index contributed by atoms with van der Waals surface area (Å²) >= 11 is 3.37. The SMILES string of the molecule is COC(=O)c1cnn(-c2cccc(Br)n2)c1C1CC1c1cn(C)nn1. The highest BCUT2D eigenvalue weighted by atomic mass is 79.9. The molecule has 0 bridgehead atoms. The zero-order chi connectivity index (χ0) is 17.6. The Labute approximate surface area is 151 Å². The van der Waals surface area contributed by atoms with Crippen molar-refractivity contribution in [3.05, 3.63) is 52.1 Å². The second kappa shape index (κ2) is 6.07. The number of carbonyl (C=O) groups excluding carboxylic acids is 1. The number of hydrogen-bond donors (Lipinski definition) is 0. The minimum absolute atomic E-state index is 0.120. The molecule has 2 atom stereocenters. The molecule has 3 heterocycles. The van der Waals surface area contributed by atoms with E-state index in [9.17, 15) is 4.79 Å². The third-order valence-corrected chi connectivity index (χ3v) is 4.71. The lowest BCUT2D eigenvalue weighted by atomic mass is 10.1. The summed E-state index contributed by atoms with van der Waals surface area (Å²) in [6, 6.07) is 5.57. The molecule has 1 aliphatic rings. The normalized spacial score (nSPS) is 19.0. The molecule has 128 valence electrons. The highest BCUT2D eigenvalue weighted by Gasteiger charge is 2.46. The second-order valence-electron chi connectivity index (χ2n) is 5.93. The van der Waals surface area contributed by atoms with Crippen LogP contribution in [0.5, 0.6) is 0 Å². The fraction of sp³-hybridized carbons (Fsp3) is 0.312. The van der Waals surface area contributed by atoms with Gasteiger partial charge in [-0.1, -0.05) is 11.3 Å². The number of carbonyl (C=O) groups is 1. The first-order chi connectivity index (χ1) is 12.1. The number of aryl methyl sites for hydroxylation is 1. The van der Waals surface area contributed by atoms with Gasteiger partial charge in [0.05, 0.1) is 24.7 Å². The lowest BCUT2D eigenvalue weighted by molar-refractivity contribution is 0.0599. The number of pyridine rings is 1. The van der Waals surface area contributed by atoms with E-state index in [1.807, 2.05) is 31.4 Å². The van der Waals surface area contributed by atoms with Crippen LogP contribution < -0.4 is 0 Å². The van der Waals surface area contributed by atoms with Gasteiger partial charge in [-0.2, -0.15) is 5.10 Å². The lowest BCUT2D eigenvalue weighted by Crippen LogP contribution is -2.09. The lowest BCUT2D eigenvalue weighted by Gasteiger charge is -2.08. The Balaban J connectivity index is 1.77. The van der Waals surface area contributed by atoms with Gasteiger partial charge >= 0.3 is 5.97 Å². The second-order valence-corrected chi connectivity index (χ2v) is 6.74. The van der Waals surface area contributed by atoms with E-state index in [1.54, 1.807) is 9.36 Å². The molecule has 0 radical (unpaired) electrons. The Bertz CT molecular complexity index is 950. The molecule has 3 aromatic heterocycles. The van der Waals surface area contributed by atoms with Gasteiger partial charge in [-0.3, -0.25) is 4.68 Å². The van der Waals surface area contributed by atoms with Crippen molar-refractivity contribution in [3.8, 4) is 5.82 Å². The molecule has 25 heavy (non-hydrogen) atoms. The maximum absolute atomic E-state index is 12.2. The van der Waals surface area contributed by atoms with E-state index in [-0.39, 0.29) is 11.8 Å².